The molecule has 0 bridgehead atoms. The zero-order chi connectivity index (χ0) is 32.4. The Hall–Kier alpha value is -0.320. The first kappa shape index (κ1) is 44.7. The largest absolute Gasteiger partial charge is 0.379 e. The van der Waals surface area contributed by atoms with Crippen LogP contribution in [0, 0.1) is 0 Å². The average Bonchev–Trinajstić information content (AvgIpc) is 3.05. The minimum absolute atomic E-state index is 0.553. The van der Waals surface area contributed by atoms with E-state index in [-0.39, 0.29) is 0 Å². The summed E-state index contributed by atoms with van der Waals surface area (Å²) >= 11 is 0. The van der Waals surface area contributed by atoms with Crippen molar-refractivity contribution in [1.82, 2.24) is 0 Å². The minimum atomic E-state index is 0.553. The molecule has 0 amide bonds. The van der Waals surface area contributed by atoms with Crippen LogP contribution in [-0.4, -0.2) is 106 Å². The summed E-state index contributed by atoms with van der Waals surface area (Å²) in [6, 6.07) is 0. The van der Waals surface area contributed by atoms with E-state index in [4.69, 9.17) is 37.9 Å². The molecule has 0 N–H and O–H groups in total. The summed E-state index contributed by atoms with van der Waals surface area (Å²) in [6.07, 6.45) is 25.9. The van der Waals surface area contributed by atoms with E-state index in [0.29, 0.717) is 92.5 Å². The van der Waals surface area contributed by atoms with Gasteiger partial charge in [-0.2, -0.15) is 0 Å². The highest BCUT2D eigenvalue weighted by Gasteiger charge is 1.97. The van der Waals surface area contributed by atoms with Crippen LogP contribution in [0.5, 0.6) is 0 Å². The molecule has 0 aromatic rings. The van der Waals surface area contributed by atoms with Crippen molar-refractivity contribution in [2.45, 2.75) is 136 Å². The molecule has 0 aromatic heterocycles. The maximum absolute atomic E-state index is 5.69. The Morgan fingerprint density at radius 2 is 0.333 bits per heavy atom. The van der Waals surface area contributed by atoms with E-state index in [1.807, 2.05) is 0 Å². The Morgan fingerprint density at radius 1 is 0.178 bits per heavy atom. The minimum Gasteiger partial charge on any atom is -0.379 e. The lowest BCUT2D eigenvalue weighted by atomic mass is 10.0. The van der Waals surface area contributed by atoms with E-state index < -0.39 is 0 Å². The molecule has 0 unspecified atom stereocenters. The molecule has 0 rings (SSSR count). The van der Waals surface area contributed by atoms with Crippen molar-refractivity contribution in [3.8, 4) is 0 Å². The van der Waals surface area contributed by atoms with Crippen LogP contribution in [0.15, 0.2) is 0 Å². The first-order valence-corrected chi connectivity index (χ1v) is 19.0. The van der Waals surface area contributed by atoms with Gasteiger partial charge in [0.05, 0.1) is 92.5 Å². The second-order valence-corrected chi connectivity index (χ2v) is 11.9. The van der Waals surface area contributed by atoms with Gasteiger partial charge in [0.1, 0.15) is 0 Å². The van der Waals surface area contributed by atoms with E-state index in [0.717, 1.165) is 26.1 Å². The van der Waals surface area contributed by atoms with Gasteiger partial charge in [0.15, 0.2) is 0 Å². The first-order valence-electron chi connectivity index (χ1n) is 19.0. The highest BCUT2D eigenvalue weighted by Crippen LogP contribution is 2.13. The Morgan fingerprint density at radius 3 is 0.578 bits per heavy atom. The summed E-state index contributed by atoms with van der Waals surface area (Å²) in [5, 5.41) is 0. The van der Waals surface area contributed by atoms with Crippen molar-refractivity contribution in [3.05, 3.63) is 0 Å². The lowest BCUT2D eigenvalue weighted by molar-refractivity contribution is -0.0232. The van der Waals surface area contributed by atoms with Crippen molar-refractivity contribution < 1.29 is 37.9 Å². The van der Waals surface area contributed by atoms with Gasteiger partial charge in [-0.15, -0.1) is 0 Å². The molecular formula is C37H76O8. The van der Waals surface area contributed by atoms with E-state index in [9.17, 15) is 0 Å². The zero-order valence-corrected chi connectivity index (χ0v) is 30.0. The summed E-state index contributed by atoms with van der Waals surface area (Å²) in [5.41, 5.74) is 0. The molecule has 45 heavy (non-hydrogen) atoms. The molecule has 0 aliphatic heterocycles. The van der Waals surface area contributed by atoms with Gasteiger partial charge in [-0.1, -0.05) is 123 Å². The molecular weight excluding hydrogens is 572 g/mol. The van der Waals surface area contributed by atoms with Gasteiger partial charge in [-0.3, -0.25) is 0 Å². The van der Waals surface area contributed by atoms with Crippen LogP contribution >= 0.6 is 0 Å². The predicted octanol–water partition coefficient (Wildman–Crippen LogP) is 8.57. The van der Waals surface area contributed by atoms with Crippen molar-refractivity contribution in [1.29, 1.82) is 0 Å². The fraction of sp³-hybridized carbons (Fsp3) is 1.00. The Labute approximate surface area is 279 Å². The molecule has 0 spiro atoms. The van der Waals surface area contributed by atoms with Gasteiger partial charge >= 0.3 is 0 Å². The number of rotatable bonds is 42. The first-order chi connectivity index (χ1) is 22.4. The highest BCUT2D eigenvalue weighted by atomic mass is 16.6. The normalized spacial score (nSPS) is 11.6. The smallest absolute Gasteiger partial charge is 0.0701 e. The zero-order valence-electron chi connectivity index (χ0n) is 30.0. The van der Waals surface area contributed by atoms with Crippen LogP contribution in [0.25, 0.3) is 0 Å². The SMILES string of the molecule is CCCCCCCCCCCCCCCCCCOCCOCCOCCOCCOCCOCCOCCOCCCCC. The standard InChI is InChI=1S/C37H76O8/c1-3-5-7-8-9-10-11-12-13-14-15-16-17-18-19-21-23-39-25-27-41-29-31-43-33-35-45-37-36-44-34-32-42-30-28-40-26-24-38-22-20-6-4-2/h3-37H2,1-2H3. The molecule has 0 heterocycles. The maximum Gasteiger partial charge on any atom is 0.0701 e. The fourth-order valence-electron chi connectivity index (χ4n) is 4.85. The Balaban J connectivity index is 3.03. The van der Waals surface area contributed by atoms with E-state index >= 15 is 0 Å². The van der Waals surface area contributed by atoms with Gasteiger partial charge < -0.3 is 37.9 Å². The Bertz CT molecular complexity index is 455. The van der Waals surface area contributed by atoms with Crippen LogP contribution in [0.4, 0.5) is 0 Å². The molecule has 8 nitrogen and oxygen atoms in total. The lowest BCUT2D eigenvalue weighted by Gasteiger charge is -2.08. The molecule has 0 atom stereocenters. The van der Waals surface area contributed by atoms with Crippen LogP contribution in [0.1, 0.15) is 136 Å². The summed E-state index contributed by atoms with van der Waals surface area (Å²) in [5.74, 6) is 0. The topological polar surface area (TPSA) is 73.8 Å². The Kier molecular flexibility index (Phi) is 43.4. The van der Waals surface area contributed by atoms with E-state index in [2.05, 4.69) is 13.8 Å². The number of unbranched alkanes of at least 4 members (excludes halogenated alkanes) is 17. The van der Waals surface area contributed by atoms with Gasteiger partial charge in [-0.25, -0.2) is 0 Å². The highest BCUT2D eigenvalue weighted by molar-refractivity contribution is 4.50. The van der Waals surface area contributed by atoms with E-state index in [1.165, 1.54) is 109 Å². The van der Waals surface area contributed by atoms with Crippen molar-refractivity contribution in [2.24, 2.45) is 0 Å². The monoisotopic (exact) mass is 649 g/mol. The van der Waals surface area contributed by atoms with Crippen LogP contribution in [-0.2, 0) is 37.9 Å². The van der Waals surface area contributed by atoms with Gasteiger partial charge in [0.2, 0.25) is 0 Å². The molecule has 0 aromatic carbocycles. The average molecular weight is 649 g/mol. The summed E-state index contributed by atoms with van der Waals surface area (Å²) in [7, 11) is 0. The van der Waals surface area contributed by atoms with Crippen LogP contribution in [0.3, 0.4) is 0 Å². The van der Waals surface area contributed by atoms with Crippen LogP contribution in [0.2, 0.25) is 0 Å². The summed E-state index contributed by atoms with van der Waals surface area (Å²) < 4.78 is 44.3. The van der Waals surface area contributed by atoms with Gasteiger partial charge in [-0.05, 0) is 12.8 Å². The van der Waals surface area contributed by atoms with Gasteiger partial charge in [0.25, 0.3) is 0 Å². The number of ether oxygens (including phenoxy) is 8. The quantitative estimate of drug-likeness (QED) is 0.0610. The molecule has 0 aliphatic carbocycles. The maximum atomic E-state index is 5.69. The second-order valence-electron chi connectivity index (χ2n) is 11.9. The number of hydrogen-bond acceptors (Lipinski definition) is 8. The summed E-state index contributed by atoms with van der Waals surface area (Å²) in [6.45, 7) is 14.4. The fourth-order valence-corrected chi connectivity index (χ4v) is 4.85. The molecule has 0 saturated carbocycles. The van der Waals surface area contributed by atoms with Crippen molar-refractivity contribution in [3.63, 3.8) is 0 Å². The molecule has 0 radical (unpaired) electrons. The van der Waals surface area contributed by atoms with Gasteiger partial charge in [0, 0.05) is 13.2 Å². The van der Waals surface area contributed by atoms with E-state index in [1.54, 1.807) is 0 Å². The second kappa shape index (κ2) is 43.7. The molecule has 0 aliphatic rings. The third-order valence-corrected chi connectivity index (χ3v) is 7.64. The van der Waals surface area contributed by atoms with Crippen LogP contribution < -0.4 is 0 Å². The summed E-state index contributed by atoms with van der Waals surface area (Å²) in [4.78, 5) is 0. The third kappa shape index (κ3) is 43.7. The molecule has 0 saturated heterocycles. The molecule has 0 fully saturated rings. The lowest BCUT2D eigenvalue weighted by Crippen LogP contribution is -2.15. The third-order valence-electron chi connectivity index (χ3n) is 7.64. The predicted molar refractivity (Wildman–Crippen MR) is 186 cm³/mol. The molecule has 272 valence electrons. The number of hydrogen-bond donors (Lipinski definition) is 0. The molecule has 8 heteroatoms. The van der Waals surface area contributed by atoms with Crippen molar-refractivity contribution >= 4 is 0 Å². The van der Waals surface area contributed by atoms with Crippen molar-refractivity contribution in [2.75, 3.05) is 106 Å².